The van der Waals surface area contributed by atoms with E-state index in [0.717, 1.165) is 38.5 Å². The van der Waals surface area contributed by atoms with Gasteiger partial charge in [0, 0.05) is 12.8 Å². The fraction of sp³-hybridized carbons (Fsp3) is 0.920. The lowest BCUT2D eigenvalue weighted by Gasteiger charge is -2.18. The molecule has 4 heteroatoms. The second-order valence-electron chi connectivity index (χ2n) is 8.49. The molecule has 0 aromatic rings. The third-order valence-electron chi connectivity index (χ3n) is 5.56. The minimum atomic E-state index is -0.267. The van der Waals surface area contributed by atoms with Crippen molar-refractivity contribution in [3.63, 3.8) is 0 Å². The van der Waals surface area contributed by atoms with Crippen molar-refractivity contribution in [2.45, 2.75) is 148 Å². The lowest BCUT2D eigenvalue weighted by Crippen LogP contribution is -2.18. The zero-order chi connectivity index (χ0) is 21.6. The molecule has 0 aliphatic heterocycles. The molecule has 0 saturated carbocycles. The standard InChI is InChI=1S/C25H47ClO3/c1-3-5-7-9-11-15-19-23(20-16-12-10-8-6-4-2)29-25(28)22-18-14-13-17-21-24(26)27/h23H,3-22H2,1-2H3. The van der Waals surface area contributed by atoms with Gasteiger partial charge in [0.1, 0.15) is 6.10 Å². The van der Waals surface area contributed by atoms with Crippen LogP contribution in [-0.4, -0.2) is 17.3 Å². The maximum absolute atomic E-state index is 12.2. The predicted octanol–water partition coefficient (Wildman–Crippen LogP) is 8.51. The number of rotatable bonds is 22. The molecule has 0 heterocycles. The molecule has 3 nitrogen and oxygen atoms in total. The molecule has 0 amide bonds. The van der Waals surface area contributed by atoms with Gasteiger partial charge in [0.2, 0.25) is 5.24 Å². The molecule has 0 atom stereocenters. The van der Waals surface area contributed by atoms with Gasteiger partial charge in [-0.15, -0.1) is 0 Å². The molecule has 172 valence electrons. The van der Waals surface area contributed by atoms with Gasteiger partial charge in [0.05, 0.1) is 0 Å². The number of carbonyl (C=O) groups is 2. The molecule has 0 N–H and O–H groups in total. The Balaban J connectivity index is 4.02. The average Bonchev–Trinajstić information content (AvgIpc) is 2.69. The lowest BCUT2D eigenvalue weighted by molar-refractivity contribution is -0.150. The Morgan fingerprint density at radius 3 is 1.52 bits per heavy atom. The number of hydrogen-bond donors (Lipinski definition) is 0. The SMILES string of the molecule is CCCCCCCCC(CCCCCCCC)OC(=O)CCCCCCC(=O)Cl. The minimum absolute atomic E-state index is 0.0413. The number of carbonyl (C=O) groups excluding carboxylic acids is 2. The average molecular weight is 431 g/mol. The first-order valence-corrected chi connectivity index (χ1v) is 12.9. The van der Waals surface area contributed by atoms with Crippen molar-refractivity contribution >= 4 is 22.8 Å². The summed E-state index contributed by atoms with van der Waals surface area (Å²) in [6.45, 7) is 4.49. The van der Waals surface area contributed by atoms with Crippen LogP contribution >= 0.6 is 11.6 Å². The van der Waals surface area contributed by atoms with E-state index >= 15 is 0 Å². The molecule has 0 fully saturated rings. The predicted molar refractivity (Wildman–Crippen MR) is 124 cm³/mol. The van der Waals surface area contributed by atoms with Gasteiger partial charge in [0.15, 0.2) is 0 Å². The van der Waals surface area contributed by atoms with Gasteiger partial charge >= 0.3 is 5.97 Å². The van der Waals surface area contributed by atoms with E-state index in [-0.39, 0.29) is 17.3 Å². The smallest absolute Gasteiger partial charge is 0.306 e. The minimum Gasteiger partial charge on any atom is -0.462 e. The molecule has 0 rings (SSSR count). The van der Waals surface area contributed by atoms with Gasteiger partial charge in [-0.05, 0) is 50.1 Å². The van der Waals surface area contributed by atoms with Gasteiger partial charge < -0.3 is 4.74 Å². The van der Waals surface area contributed by atoms with Crippen LogP contribution in [0.25, 0.3) is 0 Å². The fourth-order valence-electron chi connectivity index (χ4n) is 3.70. The number of ether oxygens (including phenoxy) is 1. The van der Waals surface area contributed by atoms with Crippen LogP contribution < -0.4 is 0 Å². The number of halogens is 1. The molecular weight excluding hydrogens is 384 g/mol. The van der Waals surface area contributed by atoms with Gasteiger partial charge in [-0.1, -0.05) is 90.9 Å². The van der Waals surface area contributed by atoms with Crippen LogP contribution in [0, 0.1) is 0 Å². The topological polar surface area (TPSA) is 43.4 Å². The monoisotopic (exact) mass is 430 g/mol. The second kappa shape index (κ2) is 22.1. The molecule has 0 aliphatic rings. The molecule has 29 heavy (non-hydrogen) atoms. The summed E-state index contributed by atoms with van der Waals surface area (Å²) in [5.41, 5.74) is 0. The summed E-state index contributed by atoms with van der Waals surface area (Å²) in [7, 11) is 0. The van der Waals surface area contributed by atoms with Gasteiger partial charge in [-0.2, -0.15) is 0 Å². The molecule has 0 unspecified atom stereocenters. The lowest BCUT2D eigenvalue weighted by atomic mass is 10.0. The third kappa shape index (κ3) is 21.9. The highest BCUT2D eigenvalue weighted by molar-refractivity contribution is 6.63. The highest BCUT2D eigenvalue weighted by Crippen LogP contribution is 2.18. The molecule has 0 spiro atoms. The van der Waals surface area contributed by atoms with E-state index in [2.05, 4.69) is 13.8 Å². The Hall–Kier alpha value is -0.570. The molecule has 0 aromatic heterocycles. The van der Waals surface area contributed by atoms with Crippen molar-refractivity contribution in [2.75, 3.05) is 0 Å². The first-order valence-electron chi connectivity index (χ1n) is 12.5. The normalized spacial score (nSPS) is 11.2. The van der Waals surface area contributed by atoms with Crippen LogP contribution in [0.2, 0.25) is 0 Å². The summed E-state index contributed by atoms with van der Waals surface area (Å²) in [6.07, 6.45) is 22.0. The van der Waals surface area contributed by atoms with Crippen LogP contribution in [0.15, 0.2) is 0 Å². The first kappa shape index (κ1) is 28.4. The Morgan fingerprint density at radius 1 is 0.621 bits per heavy atom. The highest BCUT2D eigenvalue weighted by Gasteiger charge is 2.14. The van der Waals surface area contributed by atoms with Crippen molar-refractivity contribution in [3.05, 3.63) is 0 Å². The molecule has 0 radical (unpaired) electrons. The second-order valence-corrected chi connectivity index (χ2v) is 8.92. The zero-order valence-electron chi connectivity index (χ0n) is 19.3. The van der Waals surface area contributed by atoms with E-state index in [1.54, 1.807) is 0 Å². The number of unbranched alkanes of at least 4 members (excludes halogenated alkanes) is 13. The Labute approximate surface area is 185 Å². The molecular formula is C25H47ClO3. The Morgan fingerprint density at radius 2 is 1.03 bits per heavy atom. The molecule has 0 bridgehead atoms. The van der Waals surface area contributed by atoms with Crippen LogP contribution in [0.3, 0.4) is 0 Å². The first-order chi connectivity index (χ1) is 14.1. The maximum Gasteiger partial charge on any atom is 0.306 e. The summed E-state index contributed by atoms with van der Waals surface area (Å²) in [5.74, 6) is -0.0413. The van der Waals surface area contributed by atoms with Gasteiger partial charge in [-0.25, -0.2) is 0 Å². The Kier molecular flexibility index (Phi) is 21.7. The van der Waals surface area contributed by atoms with E-state index < -0.39 is 0 Å². The van der Waals surface area contributed by atoms with Crippen LogP contribution in [-0.2, 0) is 14.3 Å². The summed E-state index contributed by atoms with van der Waals surface area (Å²) in [4.78, 5) is 23.0. The van der Waals surface area contributed by atoms with Crippen molar-refractivity contribution in [2.24, 2.45) is 0 Å². The van der Waals surface area contributed by atoms with Crippen molar-refractivity contribution < 1.29 is 14.3 Å². The van der Waals surface area contributed by atoms with E-state index in [9.17, 15) is 9.59 Å². The molecule has 0 aliphatic carbocycles. The largest absolute Gasteiger partial charge is 0.462 e. The van der Waals surface area contributed by atoms with E-state index in [1.165, 1.54) is 77.0 Å². The van der Waals surface area contributed by atoms with Crippen LogP contribution in [0.5, 0.6) is 0 Å². The van der Waals surface area contributed by atoms with Crippen LogP contribution in [0.4, 0.5) is 0 Å². The molecule has 0 aromatic carbocycles. The van der Waals surface area contributed by atoms with Crippen LogP contribution in [0.1, 0.15) is 142 Å². The van der Waals surface area contributed by atoms with Crippen molar-refractivity contribution in [1.29, 1.82) is 0 Å². The summed E-state index contributed by atoms with van der Waals surface area (Å²) in [6, 6.07) is 0. The third-order valence-corrected chi connectivity index (χ3v) is 5.75. The quantitative estimate of drug-likeness (QED) is 0.0981. The van der Waals surface area contributed by atoms with E-state index in [1.807, 2.05) is 0 Å². The maximum atomic E-state index is 12.2. The van der Waals surface area contributed by atoms with Crippen molar-refractivity contribution in [3.8, 4) is 0 Å². The van der Waals surface area contributed by atoms with E-state index in [0.29, 0.717) is 12.8 Å². The fourth-order valence-corrected chi connectivity index (χ4v) is 3.83. The zero-order valence-corrected chi connectivity index (χ0v) is 20.1. The van der Waals surface area contributed by atoms with Gasteiger partial charge in [-0.3, -0.25) is 9.59 Å². The number of esters is 1. The summed E-state index contributed by atoms with van der Waals surface area (Å²) >= 11 is 5.34. The van der Waals surface area contributed by atoms with Crippen molar-refractivity contribution in [1.82, 2.24) is 0 Å². The number of hydrogen-bond acceptors (Lipinski definition) is 3. The molecule has 0 saturated heterocycles. The highest BCUT2D eigenvalue weighted by atomic mass is 35.5. The Bertz CT molecular complexity index is 368. The summed E-state index contributed by atoms with van der Waals surface area (Å²) < 4.78 is 5.84. The van der Waals surface area contributed by atoms with Gasteiger partial charge in [0.25, 0.3) is 0 Å². The van der Waals surface area contributed by atoms with E-state index in [4.69, 9.17) is 16.3 Å². The summed E-state index contributed by atoms with van der Waals surface area (Å²) in [5, 5.41) is -0.267.